The van der Waals surface area contributed by atoms with Crippen molar-refractivity contribution in [2.75, 3.05) is 30.9 Å². The summed E-state index contributed by atoms with van der Waals surface area (Å²) >= 11 is 0. The van der Waals surface area contributed by atoms with E-state index < -0.39 is 0 Å². The van der Waals surface area contributed by atoms with Crippen molar-refractivity contribution in [3.05, 3.63) is 47.0 Å². The minimum absolute atomic E-state index is 0.197. The Morgan fingerprint density at radius 3 is 2.45 bits per heavy atom. The SMILES string of the molecule is COCCNc1ccc(NC(=O)c2ccc(C)c(C)c2)nn1. The first-order valence-corrected chi connectivity index (χ1v) is 7.05. The minimum Gasteiger partial charge on any atom is -0.383 e. The lowest BCUT2D eigenvalue weighted by molar-refractivity contribution is 0.102. The quantitative estimate of drug-likeness (QED) is 0.801. The second-order valence-electron chi connectivity index (χ2n) is 4.98. The van der Waals surface area contributed by atoms with Crippen molar-refractivity contribution in [1.29, 1.82) is 0 Å². The van der Waals surface area contributed by atoms with Crippen LogP contribution in [0.4, 0.5) is 11.6 Å². The van der Waals surface area contributed by atoms with Crippen LogP contribution in [0.1, 0.15) is 21.5 Å². The van der Waals surface area contributed by atoms with Crippen LogP contribution in [-0.2, 0) is 4.74 Å². The molecule has 1 aromatic heterocycles. The third-order valence-electron chi connectivity index (χ3n) is 3.29. The molecule has 2 aromatic rings. The highest BCUT2D eigenvalue weighted by Crippen LogP contribution is 2.12. The van der Waals surface area contributed by atoms with Crippen molar-refractivity contribution in [3.8, 4) is 0 Å². The van der Waals surface area contributed by atoms with Crippen molar-refractivity contribution in [3.63, 3.8) is 0 Å². The van der Waals surface area contributed by atoms with E-state index in [0.29, 0.717) is 30.4 Å². The predicted molar refractivity (Wildman–Crippen MR) is 86.3 cm³/mol. The smallest absolute Gasteiger partial charge is 0.256 e. The van der Waals surface area contributed by atoms with E-state index in [-0.39, 0.29) is 5.91 Å². The molecule has 116 valence electrons. The van der Waals surface area contributed by atoms with Crippen LogP contribution in [0, 0.1) is 13.8 Å². The van der Waals surface area contributed by atoms with Gasteiger partial charge in [-0.1, -0.05) is 6.07 Å². The van der Waals surface area contributed by atoms with Crippen molar-refractivity contribution < 1.29 is 9.53 Å². The number of rotatable bonds is 6. The molecule has 0 aliphatic heterocycles. The maximum absolute atomic E-state index is 12.2. The van der Waals surface area contributed by atoms with Crippen LogP contribution in [-0.4, -0.2) is 36.4 Å². The lowest BCUT2D eigenvalue weighted by atomic mass is 10.1. The molecule has 0 bridgehead atoms. The van der Waals surface area contributed by atoms with E-state index in [1.807, 2.05) is 26.0 Å². The molecule has 0 aliphatic rings. The monoisotopic (exact) mass is 300 g/mol. The van der Waals surface area contributed by atoms with Crippen LogP contribution in [0.25, 0.3) is 0 Å². The molecule has 0 aliphatic carbocycles. The van der Waals surface area contributed by atoms with Gasteiger partial charge in [-0.25, -0.2) is 0 Å². The van der Waals surface area contributed by atoms with Gasteiger partial charge in [-0.3, -0.25) is 4.79 Å². The number of aryl methyl sites for hydroxylation is 2. The Morgan fingerprint density at radius 2 is 1.82 bits per heavy atom. The highest BCUT2D eigenvalue weighted by molar-refractivity contribution is 6.03. The van der Waals surface area contributed by atoms with Crippen LogP contribution < -0.4 is 10.6 Å². The number of methoxy groups -OCH3 is 1. The average Bonchev–Trinajstić information content (AvgIpc) is 2.52. The molecule has 2 rings (SSSR count). The highest BCUT2D eigenvalue weighted by Gasteiger charge is 2.08. The Bertz CT molecular complexity index is 641. The van der Waals surface area contributed by atoms with E-state index >= 15 is 0 Å². The number of carbonyl (C=O) groups is 1. The summed E-state index contributed by atoms with van der Waals surface area (Å²) in [6, 6.07) is 9.06. The molecule has 1 aromatic carbocycles. The Morgan fingerprint density at radius 1 is 1.09 bits per heavy atom. The third kappa shape index (κ3) is 4.26. The Kier molecular flexibility index (Phi) is 5.43. The molecule has 2 N–H and O–H groups in total. The zero-order valence-corrected chi connectivity index (χ0v) is 13.0. The number of carbonyl (C=O) groups excluding carboxylic acids is 1. The number of amides is 1. The van der Waals surface area contributed by atoms with E-state index in [1.165, 1.54) is 0 Å². The van der Waals surface area contributed by atoms with E-state index in [1.54, 1.807) is 25.3 Å². The first-order chi connectivity index (χ1) is 10.6. The topological polar surface area (TPSA) is 76.1 Å². The van der Waals surface area contributed by atoms with E-state index in [2.05, 4.69) is 20.8 Å². The molecule has 1 heterocycles. The van der Waals surface area contributed by atoms with Gasteiger partial charge in [0.15, 0.2) is 5.82 Å². The van der Waals surface area contributed by atoms with Gasteiger partial charge in [-0.05, 0) is 49.2 Å². The summed E-state index contributed by atoms with van der Waals surface area (Å²) in [5, 5.41) is 13.8. The summed E-state index contributed by atoms with van der Waals surface area (Å²) in [4.78, 5) is 12.2. The fourth-order valence-electron chi connectivity index (χ4n) is 1.85. The number of ether oxygens (including phenoxy) is 1. The Hall–Kier alpha value is -2.47. The van der Waals surface area contributed by atoms with Crippen molar-refractivity contribution in [1.82, 2.24) is 10.2 Å². The number of nitrogens with one attached hydrogen (secondary N) is 2. The standard InChI is InChI=1S/C16H20N4O2/c1-11-4-5-13(10-12(11)2)16(21)18-15-7-6-14(19-20-15)17-8-9-22-3/h4-7,10H,8-9H2,1-3H3,(H,17,19)(H,18,20,21). The predicted octanol–water partition coefficient (Wildman–Crippen LogP) is 2.40. The second kappa shape index (κ2) is 7.51. The maximum Gasteiger partial charge on any atom is 0.256 e. The van der Waals surface area contributed by atoms with Gasteiger partial charge in [0.1, 0.15) is 5.82 Å². The first-order valence-electron chi connectivity index (χ1n) is 7.05. The summed E-state index contributed by atoms with van der Waals surface area (Å²) in [6.45, 7) is 5.23. The molecule has 0 unspecified atom stereocenters. The molecule has 6 heteroatoms. The molecule has 22 heavy (non-hydrogen) atoms. The van der Waals surface area contributed by atoms with Crippen LogP contribution in [0.2, 0.25) is 0 Å². The van der Waals surface area contributed by atoms with Crippen molar-refractivity contribution in [2.24, 2.45) is 0 Å². The van der Waals surface area contributed by atoms with Crippen LogP contribution in [0.5, 0.6) is 0 Å². The zero-order chi connectivity index (χ0) is 15.9. The molecule has 0 atom stereocenters. The molecule has 0 spiro atoms. The van der Waals surface area contributed by atoms with Gasteiger partial charge in [-0.2, -0.15) is 0 Å². The van der Waals surface area contributed by atoms with E-state index in [9.17, 15) is 4.79 Å². The lowest BCUT2D eigenvalue weighted by Crippen LogP contribution is -2.14. The van der Waals surface area contributed by atoms with Crippen LogP contribution in [0.3, 0.4) is 0 Å². The van der Waals surface area contributed by atoms with Gasteiger partial charge < -0.3 is 15.4 Å². The summed E-state index contributed by atoms with van der Waals surface area (Å²) in [5.41, 5.74) is 2.84. The molecular weight excluding hydrogens is 280 g/mol. The van der Waals surface area contributed by atoms with Crippen LogP contribution in [0.15, 0.2) is 30.3 Å². The molecular formula is C16H20N4O2. The Balaban J connectivity index is 1.97. The third-order valence-corrected chi connectivity index (χ3v) is 3.29. The van der Waals surface area contributed by atoms with Gasteiger partial charge in [0.25, 0.3) is 5.91 Å². The minimum atomic E-state index is -0.197. The van der Waals surface area contributed by atoms with Gasteiger partial charge in [-0.15, -0.1) is 10.2 Å². The lowest BCUT2D eigenvalue weighted by Gasteiger charge is -2.07. The zero-order valence-electron chi connectivity index (χ0n) is 13.0. The normalized spacial score (nSPS) is 10.3. The van der Waals surface area contributed by atoms with Gasteiger partial charge in [0, 0.05) is 19.2 Å². The number of nitrogens with zero attached hydrogens (tertiary/aromatic N) is 2. The fourth-order valence-corrected chi connectivity index (χ4v) is 1.85. The van der Waals surface area contributed by atoms with Crippen LogP contribution >= 0.6 is 0 Å². The summed E-state index contributed by atoms with van der Waals surface area (Å²) in [7, 11) is 1.64. The van der Waals surface area contributed by atoms with E-state index in [4.69, 9.17) is 4.74 Å². The first kappa shape index (κ1) is 15.9. The number of aromatic nitrogens is 2. The Labute approximate surface area is 129 Å². The second-order valence-corrected chi connectivity index (χ2v) is 4.98. The van der Waals surface area contributed by atoms with Crippen molar-refractivity contribution in [2.45, 2.75) is 13.8 Å². The van der Waals surface area contributed by atoms with Gasteiger partial charge in [0.2, 0.25) is 0 Å². The number of hydrogen-bond donors (Lipinski definition) is 2. The molecule has 6 nitrogen and oxygen atoms in total. The van der Waals surface area contributed by atoms with E-state index in [0.717, 1.165) is 11.1 Å². The molecule has 1 amide bonds. The van der Waals surface area contributed by atoms with Gasteiger partial charge in [0.05, 0.1) is 6.61 Å². The number of benzene rings is 1. The molecule has 0 saturated carbocycles. The van der Waals surface area contributed by atoms with Crippen molar-refractivity contribution >= 4 is 17.5 Å². The number of hydrogen-bond acceptors (Lipinski definition) is 5. The largest absolute Gasteiger partial charge is 0.383 e. The maximum atomic E-state index is 12.2. The summed E-state index contributed by atoms with van der Waals surface area (Å²) in [6.07, 6.45) is 0. The van der Waals surface area contributed by atoms with Gasteiger partial charge >= 0.3 is 0 Å². The average molecular weight is 300 g/mol. The molecule has 0 radical (unpaired) electrons. The number of anilines is 2. The summed E-state index contributed by atoms with van der Waals surface area (Å²) < 4.78 is 4.94. The highest BCUT2D eigenvalue weighted by atomic mass is 16.5. The molecule has 0 fully saturated rings. The fraction of sp³-hybridized carbons (Fsp3) is 0.312. The summed E-state index contributed by atoms with van der Waals surface area (Å²) in [5.74, 6) is 0.860. The molecule has 0 saturated heterocycles.